The number of rotatable bonds is 8. The van der Waals surface area contributed by atoms with Crippen LogP contribution in [0.4, 0.5) is 0 Å². The first-order chi connectivity index (χ1) is 8.70. The highest BCUT2D eigenvalue weighted by molar-refractivity contribution is 5.79. The third-order valence-electron chi connectivity index (χ3n) is 3.10. The number of hydrogen-bond acceptors (Lipinski definition) is 2. The second kappa shape index (κ2) is 7.90. The maximum absolute atomic E-state index is 12.0. The molecular weight excluding hydrogens is 226 g/mol. The number of hydrogen-bond donors (Lipinski definition) is 1. The normalized spacial score (nSPS) is 12.4. The largest absolute Gasteiger partial charge is 0.354 e. The van der Waals surface area contributed by atoms with Crippen LogP contribution in [-0.2, 0) is 11.2 Å². The van der Waals surface area contributed by atoms with E-state index in [0.717, 1.165) is 31.6 Å². The molecule has 1 aromatic rings. The molecule has 0 spiro atoms. The van der Waals surface area contributed by atoms with Gasteiger partial charge in [0.15, 0.2) is 0 Å². The topological polar surface area (TPSA) is 46.9 Å². The lowest BCUT2D eigenvalue weighted by Gasteiger charge is -2.16. The smallest absolute Gasteiger partial charge is 0.242 e. The molecule has 1 amide bonds. The number of nitrogens with zero attached hydrogens (tertiary/aromatic N) is 2. The molecule has 1 rings (SSSR count). The van der Waals surface area contributed by atoms with Gasteiger partial charge in [-0.05, 0) is 19.8 Å². The Morgan fingerprint density at radius 2 is 2.17 bits per heavy atom. The second-order valence-electron chi connectivity index (χ2n) is 4.67. The number of unbranched alkanes of at least 4 members (excludes halogenated alkanes) is 2. The number of carbonyl (C=O) groups is 1. The Balaban J connectivity index is 2.49. The van der Waals surface area contributed by atoms with Gasteiger partial charge in [-0.3, -0.25) is 4.79 Å². The predicted octanol–water partition coefficient (Wildman–Crippen LogP) is 2.70. The molecular formula is C14H25N3O. The van der Waals surface area contributed by atoms with Crippen LogP contribution in [0.5, 0.6) is 0 Å². The molecule has 0 aliphatic rings. The van der Waals surface area contributed by atoms with Crippen LogP contribution >= 0.6 is 0 Å². The van der Waals surface area contributed by atoms with Gasteiger partial charge in [-0.15, -0.1) is 0 Å². The Morgan fingerprint density at radius 1 is 1.39 bits per heavy atom. The lowest BCUT2D eigenvalue weighted by atomic mass is 10.2. The Hall–Kier alpha value is -1.32. The number of aryl methyl sites for hydroxylation is 1. The lowest BCUT2D eigenvalue weighted by Crippen LogP contribution is -2.32. The molecule has 18 heavy (non-hydrogen) atoms. The van der Waals surface area contributed by atoms with E-state index in [4.69, 9.17) is 0 Å². The molecule has 1 unspecified atom stereocenters. The van der Waals surface area contributed by atoms with Gasteiger partial charge in [-0.25, -0.2) is 4.98 Å². The molecule has 0 radical (unpaired) electrons. The van der Waals surface area contributed by atoms with E-state index in [1.165, 1.54) is 12.8 Å². The summed E-state index contributed by atoms with van der Waals surface area (Å²) in [4.78, 5) is 16.3. The van der Waals surface area contributed by atoms with Crippen molar-refractivity contribution in [3.05, 3.63) is 18.2 Å². The van der Waals surface area contributed by atoms with Gasteiger partial charge in [0.1, 0.15) is 11.9 Å². The van der Waals surface area contributed by atoms with Gasteiger partial charge in [-0.1, -0.05) is 26.7 Å². The molecule has 1 atom stereocenters. The molecule has 0 bridgehead atoms. The summed E-state index contributed by atoms with van der Waals surface area (Å²) in [6.07, 6.45) is 9.02. The summed E-state index contributed by atoms with van der Waals surface area (Å²) in [6, 6.07) is -0.171. The molecule has 0 fully saturated rings. The third-order valence-corrected chi connectivity index (χ3v) is 3.10. The number of carbonyl (C=O) groups excluding carboxylic acids is 1. The molecule has 4 heteroatoms. The Morgan fingerprint density at radius 3 is 2.83 bits per heavy atom. The number of nitrogens with one attached hydrogen (secondary N) is 1. The number of aromatic nitrogens is 2. The zero-order chi connectivity index (χ0) is 13.4. The van der Waals surface area contributed by atoms with Crippen LogP contribution in [0.1, 0.15) is 58.3 Å². The Bertz CT molecular complexity index is 360. The highest BCUT2D eigenvalue weighted by Gasteiger charge is 2.16. The van der Waals surface area contributed by atoms with Crippen molar-refractivity contribution < 1.29 is 4.79 Å². The van der Waals surface area contributed by atoms with Crippen molar-refractivity contribution in [2.24, 2.45) is 0 Å². The fourth-order valence-corrected chi connectivity index (χ4v) is 1.97. The summed E-state index contributed by atoms with van der Waals surface area (Å²) in [5.74, 6) is 1.08. The van der Waals surface area contributed by atoms with Gasteiger partial charge in [0.25, 0.3) is 0 Å². The number of amides is 1. The molecule has 0 saturated carbocycles. The SMILES string of the molecule is CCCCCNC(=O)C(C)n1ccnc1CCC. The van der Waals surface area contributed by atoms with Crippen LogP contribution < -0.4 is 5.32 Å². The van der Waals surface area contributed by atoms with Crippen LogP contribution in [0.2, 0.25) is 0 Å². The van der Waals surface area contributed by atoms with E-state index in [-0.39, 0.29) is 11.9 Å². The van der Waals surface area contributed by atoms with Crippen LogP contribution in [0.25, 0.3) is 0 Å². The maximum atomic E-state index is 12.0. The summed E-state index contributed by atoms with van der Waals surface area (Å²) >= 11 is 0. The predicted molar refractivity (Wildman–Crippen MR) is 73.5 cm³/mol. The zero-order valence-corrected chi connectivity index (χ0v) is 11.8. The number of imidazole rings is 1. The van der Waals surface area contributed by atoms with E-state index < -0.39 is 0 Å². The second-order valence-corrected chi connectivity index (χ2v) is 4.67. The molecule has 1 heterocycles. The fraction of sp³-hybridized carbons (Fsp3) is 0.714. The molecule has 102 valence electrons. The average molecular weight is 251 g/mol. The molecule has 1 N–H and O–H groups in total. The minimum atomic E-state index is -0.171. The molecule has 0 aromatic carbocycles. The molecule has 0 aliphatic carbocycles. The molecule has 0 aliphatic heterocycles. The van der Waals surface area contributed by atoms with Gasteiger partial charge in [0, 0.05) is 25.4 Å². The van der Waals surface area contributed by atoms with Crippen LogP contribution in [0.15, 0.2) is 12.4 Å². The Kier molecular flexibility index (Phi) is 6.47. The van der Waals surface area contributed by atoms with Gasteiger partial charge in [-0.2, -0.15) is 0 Å². The summed E-state index contributed by atoms with van der Waals surface area (Å²) in [7, 11) is 0. The highest BCUT2D eigenvalue weighted by atomic mass is 16.2. The first kappa shape index (κ1) is 14.7. The molecule has 0 saturated heterocycles. The maximum Gasteiger partial charge on any atom is 0.242 e. The van der Waals surface area contributed by atoms with E-state index >= 15 is 0 Å². The minimum absolute atomic E-state index is 0.0847. The van der Waals surface area contributed by atoms with Gasteiger partial charge in [0.05, 0.1) is 0 Å². The van der Waals surface area contributed by atoms with Gasteiger partial charge >= 0.3 is 0 Å². The monoisotopic (exact) mass is 251 g/mol. The highest BCUT2D eigenvalue weighted by Crippen LogP contribution is 2.11. The van der Waals surface area contributed by atoms with Crippen molar-refractivity contribution in [3.63, 3.8) is 0 Å². The molecule has 1 aromatic heterocycles. The minimum Gasteiger partial charge on any atom is -0.354 e. The summed E-state index contributed by atoms with van der Waals surface area (Å²) < 4.78 is 1.97. The summed E-state index contributed by atoms with van der Waals surface area (Å²) in [6.45, 7) is 6.98. The van der Waals surface area contributed by atoms with E-state index in [1.54, 1.807) is 6.20 Å². The quantitative estimate of drug-likeness (QED) is 0.722. The van der Waals surface area contributed by atoms with Crippen molar-refractivity contribution >= 4 is 5.91 Å². The standard InChI is InChI=1S/C14H25N3O/c1-4-6-7-9-16-14(18)12(3)17-11-10-15-13(17)8-5-2/h10-12H,4-9H2,1-3H3,(H,16,18). The van der Waals surface area contributed by atoms with Crippen LogP contribution in [0, 0.1) is 0 Å². The van der Waals surface area contributed by atoms with E-state index in [9.17, 15) is 4.79 Å². The van der Waals surface area contributed by atoms with Crippen molar-refractivity contribution in [1.82, 2.24) is 14.9 Å². The van der Waals surface area contributed by atoms with Crippen molar-refractivity contribution in [1.29, 1.82) is 0 Å². The lowest BCUT2D eigenvalue weighted by molar-refractivity contribution is -0.123. The van der Waals surface area contributed by atoms with E-state index in [1.807, 2.05) is 17.7 Å². The van der Waals surface area contributed by atoms with Crippen LogP contribution in [0.3, 0.4) is 0 Å². The van der Waals surface area contributed by atoms with Crippen molar-refractivity contribution in [2.75, 3.05) is 6.54 Å². The zero-order valence-electron chi connectivity index (χ0n) is 11.8. The van der Waals surface area contributed by atoms with Gasteiger partial charge in [0.2, 0.25) is 5.91 Å². The van der Waals surface area contributed by atoms with E-state index in [2.05, 4.69) is 24.1 Å². The van der Waals surface area contributed by atoms with Crippen molar-refractivity contribution in [3.8, 4) is 0 Å². The first-order valence-corrected chi connectivity index (χ1v) is 7.00. The third kappa shape index (κ3) is 4.17. The first-order valence-electron chi connectivity index (χ1n) is 7.00. The van der Waals surface area contributed by atoms with Crippen molar-refractivity contribution in [2.45, 2.75) is 58.9 Å². The van der Waals surface area contributed by atoms with Crippen LogP contribution in [-0.4, -0.2) is 22.0 Å². The van der Waals surface area contributed by atoms with E-state index in [0.29, 0.717) is 0 Å². The van der Waals surface area contributed by atoms with Gasteiger partial charge < -0.3 is 9.88 Å². The molecule has 4 nitrogen and oxygen atoms in total. The average Bonchev–Trinajstić information content (AvgIpc) is 2.82. The summed E-state index contributed by atoms with van der Waals surface area (Å²) in [5, 5.41) is 2.99. The summed E-state index contributed by atoms with van der Waals surface area (Å²) in [5.41, 5.74) is 0. The Labute approximate surface area is 110 Å². The fourth-order valence-electron chi connectivity index (χ4n) is 1.97.